The fourth-order valence-corrected chi connectivity index (χ4v) is 2.81. The van der Waals surface area contributed by atoms with E-state index in [1.165, 1.54) is 5.56 Å². The molecule has 98 valence electrons. The number of benzene rings is 1. The van der Waals surface area contributed by atoms with Gasteiger partial charge in [-0.15, -0.1) is 11.3 Å². The zero-order valence-corrected chi connectivity index (χ0v) is 11.9. The van der Waals surface area contributed by atoms with Crippen LogP contribution in [-0.4, -0.2) is 9.38 Å². The van der Waals surface area contributed by atoms with Crippen LogP contribution in [0, 0.1) is 0 Å². The maximum absolute atomic E-state index is 5.91. The van der Waals surface area contributed by atoms with Crippen molar-refractivity contribution in [2.45, 2.75) is 26.4 Å². The van der Waals surface area contributed by atoms with E-state index >= 15 is 0 Å². The molecule has 4 heteroatoms. The van der Waals surface area contributed by atoms with Crippen LogP contribution in [0.5, 0.6) is 5.75 Å². The van der Waals surface area contributed by atoms with Crippen LogP contribution in [0.2, 0.25) is 0 Å². The van der Waals surface area contributed by atoms with Gasteiger partial charge in [0.15, 0.2) is 4.96 Å². The van der Waals surface area contributed by atoms with E-state index in [4.69, 9.17) is 4.74 Å². The lowest BCUT2D eigenvalue weighted by Gasteiger charge is -2.12. The standard InChI is InChI=1S/C15H16N2OS/c1-11(2)13-5-3-4-6-14(13)18-10-12-9-17-7-8-19-15(17)16-12/h3-9,11H,10H2,1-2H3. The molecular weight excluding hydrogens is 256 g/mol. The van der Waals surface area contributed by atoms with Gasteiger partial charge in [-0.25, -0.2) is 4.98 Å². The minimum atomic E-state index is 0.460. The highest BCUT2D eigenvalue weighted by Gasteiger charge is 2.08. The van der Waals surface area contributed by atoms with Crippen molar-refractivity contribution in [2.24, 2.45) is 0 Å². The van der Waals surface area contributed by atoms with E-state index in [1.807, 2.05) is 34.3 Å². The molecule has 0 aliphatic carbocycles. The Bertz CT molecular complexity index is 656. The van der Waals surface area contributed by atoms with Crippen molar-refractivity contribution >= 4 is 16.3 Å². The van der Waals surface area contributed by atoms with Crippen LogP contribution in [-0.2, 0) is 6.61 Å². The summed E-state index contributed by atoms with van der Waals surface area (Å²) in [5, 5.41) is 2.03. The summed E-state index contributed by atoms with van der Waals surface area (Å²) < 4.78 is 7.94. The Hall–Kier alpha value is -1.81. The highest BCUT2D eigenvalue weighted by atomic mass is 32.1. The molecule has 0 unspecified atom stereocenters. The molecule has 0 spiro atoms. The lowest BCUT2D eigenvalue weighted by Crippen LogP contribution is -1.99. The summed E-state index contributed by atoms with van der Waals surface area (Å²) >= 11 is 1.63. The Morgan fingerprint density at radius 3 is 2.95 bits per heavy atom. The Balaban J connectivity index is 1.77. The summed E-state index contributed by atoms with van der Waals surface area (Å²) in [4.78, 5) is 5.53. The zero-order chi connectivity index (χ0) is 13.2. The minimum absolute atomic E-state index is 0.460. The van der Waals surface area contributed by atoms with Gasteiger partial charge in [0.2, 0.25) is 0 Å². The second kappa shape index (κ2) is 5.05. The lowest BCUT2D eigenvalue weighted by molar-refractivity contribution is 0.298. The molecule has 3 aromatic rings. The van der Waals surface area contributed by atoms with Crippen molar-refractivity contribution in [2.75, 3.05) is 0 Å². The van der Waals surface area contributed by atoms with E-state index < -0.39 is 0 Å². The topological polar surface area (TPSA) is 26.5 Å². The van der Waals surface area contributed by atoms with E-state index in [2.05, 4.69) is 31.0 Å². The summed E-state index contributed by atoms with van der Waals surface area (Å²) in [7, 11) is 0. The van der Waals surface area contributed by atoms with Crippen LogP contribution in [0.3, 0.4) is 0 Å². The van der Waals surface area contributed by atoms with Gasteiger partial charge < -0.3 is 4.74 Å². The van der Waals surface area contributed by atoms with Crippen LogP contribution >= 0.6 is 11.3 Å². The minimum Gasteiger partial charge on any atom is -0.487 e. The molecule has 0 radical (unpaired) electrons. The molecule has 0 aliphatic rings. The number of para-hydroxylation sites is 1. The second-order valence-electron chi connectivity index (χ2n) is 4.81. The maximum atomic E-state index is 5.91. The van der Waals surface area contributed by atoms with Crippen LogP contribution in [0.4, 0.5) is 0 Å². The van der Waals surface area contributed by atoms with Gasteiger partial charge in [0.25, 0.3) is 0 Å². The average molecular weight is 272 g/mol. The highest BCUT2D eigenvalue weighted by Crippen LogP contribution is 2.26. The number of imidazole rings is 1. The Morgan fingerprint density at radius 2 is 2.16 bits per heavy atom. The molecule has 3 rings (SSSR count). The zero-order valence-electron chi connectivity index (χ0n) is 11.0. The third kappa shape index (κ3) is 2.49. The van der Waals surface area contributed by atoms with Gasteiger partial charge in [-0.1, -0.05) is 32.0 Å². The van der Waals surface area contributed by atoms with E-state index in [1.54, 1.807) is 11.3 Å². The van der Waals surface area contributed by atoms with Crippen molar-refractivity contribution in [1.82, 2.24) is 9.38 Å². The molecule has 0 bridgehead atoms. The maximum Gasteiger partial charge on any atom is 0.193 e. The normalized spacial score (nSPS) is 11.3. The smallest absolute Gasteiger partial charge is 0.193 e. The van der Waals surface area contributed by atoms with E-state index in [0.29, 0.717) is 12.5 Å². The molecule has 0 atom stereocenters. The molecule has 2 heterocycles. The number of rotatable bonds is 4. The number of ether oxygens (including phenoxy) is 1. The largest absolute Gasteiger partial charge is 0.487 e. The number of fused-ring (bicyclic) bond motifs is 1. The monoisotopic (exact) mass is 272 g/mol. The summed E-state index contributed by atoms with van der Waals surface area (Å²) in [6.45, 7) is 4.86. The lowest BCUT2D eigenvalue weighted by atomic mass is 10.0. The van der Waals surface area contributed by atoms with Crippen molar-refractivity contribution in [1.29, 1.82) is 0 Å². The van der Waals surface area contributed by atoms with Crippen molar-refractivity contribution in [3.63, 3.8) is 0 Å². The third-order valence-electron chi connectivity index (χ3n) is 3.06. The number of hydrogen-bond donors (Lipinski definition) is 0. The summed E-state index contributed by atoms with van der Waals surface area (Å²) in [6, 6.07) is 8.20. The first-order valence-electron chi connectivity index (χ1n) is 6.37. The van der Waals surface area contributed by atoms with Crippen molar-refractivity contribution in [3.05, 3.63) is 53.3 Å². The van der Waals surface area contributed by atoms with Gasteiger partial charge in [0.1, 0.15) is 12.4 Å². The van der Waals surface area contributed by atoms with Gasteiger partial charge in [0.05, 0.1) is 5.69 Å². The highest BCUT2D eigenvalue weighted by molar-refractivity contribution is 7.15. The Labute approximate surface area is 116 Å². The fourth-order valence-electron chi connectivity index (χ4n) is 2.09. The molecule has 1 aromatic carbocycles. The van der Waals surface area contributed by atoms with Crippen LogP contribution < -0.4 is 4.74 Å². The molecule has 19 heavy (non-hydrogen) atoms. The Morgan fingerprint density at radius 1 is 1.32 bits per heavy atom. The molecule has 2 aromatic heterocycles. The molecule has 3 nitrogen and oxygen atoms in total. The Kier molecular flexibility index (Phi) is 3.25. The third-order valence-corrected chi connectivity index (χ3v) is 3.83. The molecule has 0 saturated heterocycles. The first-order valence-corrected chi connectivity index (χ1v) is 7.25. The van der Waals surface area contributed by atoms with Gasteiger partial charge in [-0.2, -0.15) is 0 Å². The molecule has 0 amide bonds. The SMILES string of the molecule is CC(C)c1ccccc1OCc1cn2ccsc2n1. The van der Waals surface area contributed by atoms with Gasteiger partial charge in [-0.3, -0.25) is 4.40 Å². The summed E-state index contributed by atoms with van der Waals surface area (Å²) in [5.41, 5.74) is 2.20. The number of thiazole rings is 1. The van der Waals surface area contributed by atoms with Crippen molar-refractivity contribution < 1.29 is 4.74 Å². The van der Waals surface area contributed by atoms with Gasteiger partial charge >= 0.3 is 0 Å². The van der Waals surface area contributed by atoms with Crippen LogP contribution in [0.1, 0.15) is 31.0 Å². The van der Waals surface area contributed by atoms with Gasteiger partial charge in [-0.05, 0) is 17.5 Å². The van der Waals surface area contributed by atoms with E-state index in [0.717, 1.165) is 16.4 Å². The van der Waals surface area contributed by atoms with Gasteiger partial charge in [0, 0.05) is 17.8 Å². The number of hydrogen-bond acceptors (Lipinski definition) is 3. The average Bonchev–Trinajstić information content (AvgIpc) is 2.97. The van der Waals surface area contributed by atoms with Crippen LogP contribution in [0.15, 0.2) is 42.0 Å². The number of aromatic nitrogens is 2. The molecule has 0 fully saturated rings. The predicted molar refractivity (Wildman–Crippen MR) is 77.9 cm³/mol. The van der Waals surface area contributed by atoms with Crippen LogP contribution in [0.25, 0.3) is 4.96 Å². The quantitative estimate of drug-likeness (QED) is 0.715. The van der Waals surface area contributed by atoms with Crippen molar-refractivity contribution in [3.8, 4) is 5.75 Å². The summed E-state index contributed by atoms with van der Waals surface area (Å²) in [6.07, 6.45) is 4.03. The number of nitrogens with zero attached hydrogens (tertiary/aromatic N) is 2. The van der Waals surface area contributed by atoms with E-state index in [9.17, 15) is 0 Å². The first-order chi connectivity index (χ1) is 9.24. The molecular formula is C15H16N2OS. The predicted octanol–water partition coefficient (Wildman–Crippen LogP) is 4.10. The molecule has 0 saturated carbocycles. The first kappa shape index (κ1) is 12.2. The second-order valence-corrected chi connectivity index (χ2v) is 5.68. The molecule has 0 aliphatic heterocycles. The fraction of sp³-hybridized carbons (Fsp3) is 0.267. The molecule has 0 N–H and O–H groups in total. The van der Waals surface area contributed by atoms with E-state index in [-0.39, 0.29) is 0 Å². The summed E-state index contributed by atoms with van der Waals surface area (Å²) in [5.74, 6) is 1.41.